The molecule has 0 N–H and O–H groups in total. The summed E-state index contributed by atoms with van der Waals surface area (Å²) in [6.45, 7) is 14.1. The largest absolute Gasteiger partial charge is 0.143 e. The fourth-order valence-corrected chi connectivity index (χ4v) is 1.11. The first-order valence-electron chi connectivity index (χ1n) is 5.15. The Hall–Kier alpha value is -0.690. The van der Waals surface area contributed by atoms with Crippen LogP contribution in [0.5, 0.6) is 0 Å². The van der Waals surface area contributed by atoms with Crippen LogP contribution in [0.15, 0.2) is 41.3 Å². The van der Waals surface area contributed by atoms with Crippen LogP contribution in [-0.2, 0) is 5.41 Å². The molecule has 0 aliphatic rings. The summed E-state index contributed by atoms with van der Waals surface area (Å²) >= 11 is 4.23. The molecule has 1 aromatic carbocycles. The third-order valence-corrected chi connectivity index (χ3v) is 2.03. The Kier molecular flexibility index (Phi) is 5.74. The molecule has 0 radical (unpaired) electrons. The maximum atomic E-state index is 4.23. The summed E-state index contributed by atoms with van der Waals surface area (Å²) in [5, 5.41) is 0. The summed E-state index contributed by atoms with van der Waals surface area (Å²) in [6, 6.07) is 8.32. The smallest absolute Gasteiger partial charge is 0.00401 e. The van der Waals surface area contributed by atoms with E-state index in [4.69, 9.17) is 0 Å². The lowest BCUT2D eigenvalue weighted by molar-refractivity contribution is 0.590. The van der Waals surface area contributed by atoms with Crippen LogP contribution in [0.4, 0.5) is 0 Å². The molecular weight excluding hydrogens is 200 g/mol. The van der Waals surface area contributed by atoms with Gasteiger partial charge in [0.15, 0.2) is 0 Å². The molecule has 0 unspecified atom stereocenters. The van der Waals surface area contributed by atoms with Crippen molar-refractivity contribution in [1.29, 1.82) is 0 Å². The van der Waals surface area contributed by atoms with Gasteiger partial charge in [0.25, 0.3) is 0 Å². The van der Waals surface area contributed by atoms with Crippen LogP contribution >= 0.6 is 12.6 Å². The average Bonchev–Trinajstić information content (AvgIpc) is 2.01. The fraction of sp³-hybridized carbons (Fsp3) is 0.429. The first-order chi connectivity index (χ1) is 6.73. The summed E-state index contributed by atoms with van der Waals surface area (Å²) < 4.78 is 0. The minimum Gasteiger partial charge on any atom is -0.143 e. The molecule has 1 heteroatoms. The van der Waals surface area contributed by atoms with Crippen molar-refractivity contribution in [3.05, 3.63) is 42.0 Å². The standard InChI is InChI=1S/C10H14S.C4H8/c1-10(2,3)8-4-6-9(11)7-5-8;1-4(2)3/h4-7,11H,1-3H3;1H2,2-3H3. The molecule has 0 aliphatic carbocycles. The summed E-state index contributed by atoms with van der Waals surface area (Å²) in [6.07, 6.45) is 0. The summed E-state index contributed by atoms with van der Waals surface area (Å²) in [4.78, 5) is 1.03. The first kappa shape index (κ1) is 14.3. The van der Waals surface area contributed by atoms with Gasteiger partial charge >= 0.3 is 0 Å². The highest BCUT2D eigenvalue weighted by molar-refractivity contribution is 7.80. The average molecular weight is 222 g/mol. The van der Waals surface area contributed by atoms with E-state index in [-0.39, 0.29) is 5.41 Å². The van der Waals surface area contributed by atoms with Crippen LogP contribution in [0.3, 0.4) is 0 Å². The van der Waals surface area contributed by atoms with Gasteiger partial charge in [-0.1, -0.05) is 38.5 Å². The normalized spacial score (nSPS) is 10.3. The van der Waals surface area contributed by atoms with E-state index in [0.717, 1.165) is 4.90 Å². The number of rotatable bonds is 0. The zero-order valence-electron chi connectivity index (χ0n) is 10.5. The van der Waals surface area contributed by atoms with Crippen LogP contribution in [0.2, 0.25) is 0 Å². The highest BCUT2D eigenvalue weighted by atomic mass is 32.1. The second kappa shape index (κ2) is 6.02. The fourth-order valence-electron chi connectivity index (χ4n) is 0.961. The van der Waals surface area contributed by atoms with Crippen LogP contribution < -0.4 is 0 Å². The number of benzene rings is 1. The molecule has 0 bridgehead atoms. The molecule has 15 heavy (non-hydrogen) atoms. The second-order valence-electron chi connectivity index (χ2n) is 5.00. The predicted molar refractivity (Wildman–Crippen MR) is 72.9 cm³/mol. The molecule has 0 heterocycles. The van der Waals surface area contributed by atoms with Crippen LogP contribution in [0.1, 0.15) is 40.2 Å². The molecule has 0 fully saturated rings. The quantitative estimate of drug-likeness (QED) is 0.470. The molecule has 0 atom stereocenters. The van der Waals surface area contributed by atoms with Crippen molar-refractivity contribution < 1.29 is 0 Å². The topological polar surface area (TPSA) is 0 Å². The summed E-state index contributed by atoms with van der Waals surface area (Å²) in [7, 11) is 0. The van der Waals surface area contributed by atoms with E-state index in [1.165, 1.54) is 11.1 Å². The Labute approximate surface area is 99.8 Å². The van der Waals surface area contributed by atoms with Gasteiger partial charge in [-0.15, -0.1) is 19.2 Å². The third kappa shape index (κ3) is 7.26. The van der Waals surface area contributed by atoms with Crippen molar-refractivity contribution in [2.75, 3.05) is 0 Å². The lowest BCUT2D eigenvalue weighted by atomic mass is 9.87. The molecule has 84 valence electrons. The van der Waals surface area contributed by atoms with Gasteiger partial charge in [0.1, 0.15) is 0 Å². The summed E-state index contributed by atoms with van der Waals surface area (Å²) in [5.74, 6) is 0. The van der Waals surface area contributed by atoms with E-state index in [1.54, 1.807) is 0 Å². The highest BCUT2D eigenvalue weighted by Gasteiger charge is 2.11. The third-order valence-electron chi connectivity index (χ3n) is 1.73. The van der Waals surface area contributed by atoms with Crippen molar-refractivity contribution in [2.24, 2.45) is 0 Å². The minimum absolute atomic E-state index is 0.251. The van der Waals surface area contributed by atoms with Gasteiger partial charge in [-0.25, -0.2) is 0 Å². The van der Waals surface area contributed by atoms with Gasteiger partial charge in [0.05, 0.1) is 0 Å². The monoisotopic (exact) mass is 222 g/mol. The van der Waals surface area contributed by atoms with Gasteiger partial charge in [-0.2, -0.15) is 0 Å². The Balaban J connectivity index is 0.000000423. The maximum absolute atomic E-state index is 4.23. The molecule has 0 amide bonds. The van der Waals surface area contributed by atoms with Gasteiger partial charge in [-0.3, -0.25) is 0 Å². The van der Waals surface area contributed by atoms with Crippen molar-refractivity contribution in [3.8, 4) is 0 Å². The van der Waals surface area contributed by atoms with Crippen molar-refractivity contribution in [3.63, 3.8) is 0 Å². The zero-order valence-corrected chi connectivity index (χ0v) is 11.4. The van der Waals surface area contributed by atoms with Gasteiger partial charge in [0, 0.05) is 4.90 Å². The van der Waals surface area contributed by atoms with E-state index in [0.29, 0.717) is 0 Å². The lowest BCUT2D eigenvalue weighted by Gasteiger charge is -2.18. The van der Waals surface area contributed by atoms with E-state index in [9.17, 15) is 0 Å². The zero-order chi connectivity index (χ0) is 12.1. The maximum Gasteiger partial charge on any atom is 0.00401 e. The molecule has 0 saturated carbocycles. The summed E-state index contributed by atoms with van der Waals surface area (Å²) in [5.41, 5.74) is 2.77. The molecule has 0 aliphatic heterocycles. The SMILES string of the molecule is C=C(C)C.CC(C)(C)c1ccc(S)cc1. The Morgan fingerprint density at radius 3 is 1.67 bits per heavy atom. The van der Waals surface area contributed by atoms with E-state index in [1.807, 2.05) is 26.0 Å². The number of allylic oxidation sites excluding steroid dienone is 1. The number of thiol groups is 1. The number of hydrogen-bond donors (Lipinski definition) is 1. The molecule has 1 aromatic rings. The van der Waals surface area contributed by atoms with E-state index in [2.05, 4.69) is 52.1 Å². The van der Waals surface area contributed by atoms with Crippen LogP contribution in [-0.4, -0.2) is 0 Å². The molecule has 0 saturated heterocycles. The van der Waals surface area contributed by atoms with Crippen LogP contribution in [0, 0.1) is 0 Å². The molecule has 0 aromatic heterocycles. The predicted octanol–water partition coefficient (Wildman–Crippen LogP) is 4.86. The Morgan fingerprint density at radius 2 is 1.40 bits per heavy atom. The molecular formula is C14H22S. The molecule has 0 nitrogen and oxygen atoms in total. The van der Waals surface area contributed by atoms with Gasteiger partial charge in [-0.05, 0) is 37.0 Å². The molecule has 1 rings (SSSR count). The van der Waals surface area contributed by atoms with Crippen LogP contribution in [0.25, 0.3) is 0 Å². The minimum atomic E-state index is 0.251. The van der Waals surface area contributed by atoms with Crippen molar-refractivity contribution in [1.82, 2.24) is 0 Å². The van der Waals surface area contributed by atoms with Crippen molar-refractivity contribution >= 4 is 12.6 Å². The Morgan fingerprint density at radius 1 is 1.07 bits per heavy atom. The molecule has 0 spiro atoms. The second-order valence-corrected chi connectivity index (χ2v) is 5.52. The van der Waals surface area contributed by atoms with E-state index < -0.39 is 0 Å². The van der Waals surface area contributed by atoms with Gasteiger partial charge < -0.3 is 0 Å². The van der Waals surface area contributed by atoms with Crippen molar-refractivity contribution in [2.45, 2.75) is 44.9 Å². The lowest BCUT2D eigenvalue weighted by Crippen LogP contribution is -2.10. The highest BCUT2D eigenvalue weighted by Crippen LogP contribution is 2.22. The van der Waals surface area contributed by atoms with Gasteiger partial charge in [0.2, 0.25) is 0 Å². The number of hydrogen-bond acceptors (Lipinski definition) is 1. The first-order valence-corrected chi connectivity index (χ1v) is 5.60. The van der Waals surface area contributed by atoms with E-state index >= 15 is 0 Å². The Bertz CT molecular complexity index is 297.